The van der Waals surface area contributed by atoms with Gasteiger partial charge in [0.1, 0.15) is 0 Å². The summed E-state index contributed by atoms with van der Waals surface area (Å²) in [5.74, 6) is 0.171. The lowest BCUT2D eigenvalue weighted by Crippen LogP contribution is -2.26. The van der Waals surface area contributed by atoms with Gasteiger partial charge in [0, 0.05) is 15.8 Å². The Hall–Kier alpha value is -0.430. The maximum atomic E-state index is 11.2. The van der Waals surface area contributed by atoms with E-state index < -0.39 is 10.0 Å². The summed E-state index contributed by atoms with van der Waals surface area (Å²) in [6.45, 7) is 7.04. The van der Waals surface area contributed by atoms with Crippen LogP contribution in [0.5, 0.6) is 0 Å². The van der Waals surface area contributed by atoms with E-state index >= 15 is 0 Å². The zero-order valence-corrected chi connectivity index (χ0v) is 13.0. The zero-order chi connectivity index (χ0) is 13.8. The van der Waals surface area contributed by atoms with Crippen molar-refractivity contribution < 1.29 is 8.42 Å². The topological polar surface area (TPSA) is 58.2 Å². The summed E-state index contributed by atoms with van der Waals surface area (Å²) in [4.78, 5) is 2.64. The van der Waals surface area contributed by atoms with Crippen molar-refractivity contribution in [3.05, 3.63) is 21.4 Å². The highest BCUT2D eigenvalue weighted by molar-refractivity contribution is 7.89. The molecule has 1 rings (SSSR count). The molecule has 1 aromatic rings. The van der Waals surface area contributed by atoms with Crippen molar-refractivity contribution >= 4 is 21.4 Å². The van der Waals surface area contributed by atoms with Crippen molar-refractivity contribution in [2.24, 2.45) is 0 Å². The monoisotopic (exact) mass is 290 g/mol. The highest BCUT2D eigenvalue weighted by Crippen LogP contribution is 2.25. The molecule has 0 unspecified atom stereocenters. The van der Waals surface area contributed by atoms with Gasteiger partial charge in [0.2, 0.25) is 10.0 Å². The van der Waals surface area contributed by atoms with Crippen LogP contribution in [0.2, 0.25) is 0 Å². The molecule has 6 heteroatoms. The molecule has 1 heterocycles. The lowest BCUT2D eigenvalue weighted by Gasteiger charge is -2.13. The van der Waals surface area contributed by atoms with Gasteiger partial charge in [-0.3, -0.25) is 0 Å². The predicted molar refractivity (Wildman–Crippen MR) is 77.7 cm³/mol. The fourth-order valence-corrected chi connectivity index (χ4v) is 3.62. The van der Waals surface area contributed by atoms with Crippen LogP contribution in [-0.2, 0) is 10.0 Å². The van der Waals surface area contributed by atoms with Gasteiger partial charge in [-0.1, -0.05) is 0 Å². The highest BCUT2D eigenvalue weighted by atomic mass is 32.2. The molecule has 1 atom stereocenters. The fraction of sp³-hybridized carbons (Fsp3) is 0.667. The minimum Gasteiger partial charge on any atom is -0.310 e. The van der Waals surface area contributed by atoms with Crippen molar-refractivity contribution in [3.8, 4) is 0 Å². The minimum absolute atomic E-state index is 0.171. The van der Waals surface area contributed by atoms with Crippen molar-refractivity contribution in [2.75, 3.05) is 19.3 Å². The molecule has 0 fully saturated rings. The Morgan fingerprint density at radius 3 is 2.56 bits per heavy atom. The van der Waals surface area contributed by atoms with Crippen LogP contribution in [0.3, 0.4) is 0 Å². The number of rotatable bonds is 7. The standard InChI is InChI=1S/C12H22N2O2S2/c1-9-8-12(11(3)17-9)10(2)14-6-5-7-18(15,16)13-4/h8,10,13-14H,5-7H2,1-4H3/t10-/m1/s1. The molecular weight excluding hydrogens is 268 g/mol. The minimum atomic E-state index is -3.07. The lowest BCUT2D eigenvalue weighted by atomic mass is 10.1. The smallest absolute Gasteiger partial charge is 0.211 e. The van der Waals surface area contributed by atoms with E-state index in [-0.39, 0.29) is 11.8 Å². The Bertz CT molecular complexity index is 480. The van der Waals surface area contributed by atoms with E-state index in [4.69, 9.17) is 0 Å². The summed E-state index contributed by atoms with van der Waals surface area (Å²) >= 11 is 1.80. The summed E-state index contributed by atoms with van der Waals surface area (Å²) in [7, 11) is -1.63. The second kappa shape index (κ2) is 6.65. The molecule has 4 nitrogen and oxygen atoms in total. The molecule has 0 amide bonds. The van der Waals surface area contributed by atoms with Gasteiger partial charge in [-0.05, 0) is 52.4 Å². The molecule has 0 saturated carbocycles. The Balaban J connectivity index is 2.38. The first-order valence-electron chi connectivity index (χ1n) is 6.07. The van der Waals surface area contributed by atoms with E-state index in [0.717, 1.165) is 0 Å². The van der Waals surface area contributed by atoms with Gasteiger partial charge in [0.15, 0.2) is 0 Å². The quantitative estimate of drug-likeness (QED) is 0.755. The molecule has 0 aromatic carbocycles. The van der Waals surface area contributed by atoms with Gasteiger partial charge in [0.05, 0.1) is 5.75 Å². The summed E-state index contributed by atoms with van der Waals surface area (Å²) in [5, 5.41) is 3.36. The number of nitrogens with one attached hydrogen (secondary N) is 2. The molecule has 0 bridgehead atoms. The van der Waals surface area contributed by atoms with Crippen LogP contribution in [0.4, 0.5) is 0 Å². The highest BCUT2D eigenvalue weighted by Gasteiger charge is 2.11. The third-order valence-corrected chi connectivity index (χ3v) is 5.33. The maximum absolute atomic E-state index is 11.2. The van der Waals surface area contributed by atoms with Crippen LogP contribution in [0.25, 0.3) is 0 Å². The molecule has 18 heavy (non-hydrogen) atoms. The van der Waals surface area contributed by atoms with Gasteiger partial charge in [-0.15, -0.1) is 11.3 Å². The van der Waals surface area contributed by atoms with E-state index in [2.05, 4.69) is 36.9 Å². The van der Waals surface area contributed by atoms with Gasteiger partial charge in [0.25, 0.3) is 0 Å². The molecule has 0 aliphatic rings. The molecule has 104 valence electrons. The molecule has 0 aliphatic heterocycles. The summed E-state index contributed by atoms with van der Waals surface area (Å²) < 4.78 is 24.8. The average molecular weight is 290 g/mol. The summed E-state index contributed by atoms with van der Waals surface area (Å²) in [6.07, 6.45) is 0.621. The molecule has 0 saturated heterocycles. The first-order chi connectivity index (χ1) is 8.35. The zero-order valence-electron chi connectivity index (χ0n) is 11.4. The van der Waals surface area contributed by atoms with Crippen LogP contribution in [0.15, 0.2) is 6.07 Å². The van der Waals surface area contributed by atoms with Crippen molar-refractivity contribution in [1.82, 2.24) is 10.0 Å². The Labute approximate surface area is 114 Å². The second-order valence-corrected chi connectivity index (χ2v) is 7.93. The van der Waals surface area contributed by atoms with Crippen LogP contribution in [-0.4, -0.2) is 27.8 Å². The van der Waals surface area contributed by atoms with Crippen molar-refractivity contribution in [1.29, 1.82) is 0 Å². The Kier molecular flexibility index (Phi) is 5.78. The van der Waals surface area contributed by atoms with Gasteiger partial charge >= 0.3 is 0 Å². The number of sulfonamides is 1. The number of thiophene rings is 1. The Morgan fingerprint density at radius 1 is 1.39 bits per heavy atom. The van der Waals surface area contributed by atoms with E-state index in [9.17, 15) is 8.42 Å². The first-order valence-corrected chi connectivity index (χ1v) is 8.54. The summed E-state index contributed by atoms with van der Waals surface area (Å²) in [5.41, 5.74) is 1.31. The first kappa shape index (κ1) is 15.6. The average Bonchev–Trinajstić information content (AvgIpc) is 2.64. The second-order valence-electron chi connectivity index (χ2n) is 4.42. The SMILES string of the molecule is CNS(=O)(=O)CCCN[C@H](C)c1cc(C)sc1C. The van der Waals surface area contributed by atoms with Gasteiger partial charge < -0.3 is 5.32 Å². The number of hydrogen-bond acceptors (Lipinski definition) is 4. The molecule has 0 aliphatic carbocycles. The van der Waals surface area contributed by atoms with Crippen molar-refractivity contribution in [3.63, 3.8) is 0 Å². The van der Waals surface area contributed by atoms with Gasteiger partial charge in [-0.2, -0.15) is 0 Å². The van der Waals surface area contributed by atoms with E-state index in [1.165, 1.54) is 22.4 Å². The summed E-state index contributed by atoms with van der Waals surface area (Å²) in [6, 6.07) is 2.47. The van der Waals surface area contributed by atoms with Crippen molar-refractivity contribution in [2.45, 2.75) is 33.2 Å². The maximum Gasteiger partial charge on any atom is 0.211 e. The van der Waals surface area contributed by atoms with Crippen LogP contribution in [0.1, 0.15) is 34.7 Å². The lowest BCUT2D eigenvalue weighted by molar-refractivity contribution is 0.557. The number of hydrogen-bond donors (Lipinski definition) is 2. The van der Waals surface area contributed by atoms with E-state index in [1.807, 2.05) is 0 Å². The van der Waals surface area contributed by atoms with Crippen LogP contribution >= 0.6 is 11.3 Å². The van der Waals surface area contributed by atoms with E-state index in [0.29, 0.717) is 13.0 Å². The van der Waals surface area contributed by atoms with Crippen LogP contribution in [0, 0.1) is 13.8 Å². The Morgan fingerprint density at radius 2 is 2.06 bits per heavy atom. The molecule has 1 aromatic heterocycles. The third kappa shape index (κ3) is 4.68. The predicted octanol–water partition coefficient (Wildman–Crippen LogP) is 1.95. The number of aryl methyl sites for hydroxylation is 2. The molecule has 0 spiro atoms. The fourth-order valence-electron chi connectivity index (χ4n) is 1.87. The molecule has 0 radical (unpaired) electrons. The normalized spacial score (nSPS) is 13.8. The molecular formula is C12H22N2O2S2. The van der Waals surface area contributed by atoms with Gasteiger partial charge in [-0.25, -0.2) is 13.1 Å². The van der Waals surface area contributed by atoms with E-state index in [1.54, 1.807) is 11.3 Å². The third-order valence-electron chi connectivity index (χ3n) is 2.90. The largest absolute Gasteiger partial charge is 0.310 e. The van der Waals surface area contributed by atoms with Crippen LogP contribution < -0.4 is 10.0 Å². The molecule has 2 N–H and O–H groups in total.